The molecule has 29 heavy (non-hydrogen) atoms. The fraction of sp³-hybridized carbons (Fsp3) is 0.421. The first-order valence-electron chi connectivity index (χ1n) is 9.17. The number of nitrogens with one attached hydrogen (secondary N) is 3. The van der Waals surface area contributed by atoms with Gasteiger partial charge in [0.2, 0.25) is 5.91 Å². The van der Waals surface area contributed by atoms with E-state index in [1.54, 1.807) is 24.6 Å². The van der Waals surface area contributed by atoms with Crippen molar-refractivity contribution in [3.05, 3.63) is 46.7 Å². The van der Waals surface area contributed by atoms with Gasteiger partial charge in [-0.25, -0.2) is 14.2 Å². The number of aromatic nitrogens is 1. The van der Waals surface area contributed by atoms with Crippen LogP contribution >= 0.6 is 11.3 Å². The van der Waals surface area contributed by atoms with Crippen LogP contribution in [0.5, 0.6) is 0 Å². The summed E-state index contributed by atoms with van der Waals surface area (Å²) in [6.45, 7) is 1.46. The Morgan fingerprint density at radius 2 is 2.21 bits per heavy atom. The smallest absolute Gasteiger partial charge is 0.321 e. The Hall–Kier alpha value is -2.56. The summed E-state index contributed by atoms with van der Waals surface area (Å²) in [7, 11) is 1.60. The first-order valence-corrected chi connectivity index (χ1v) is 10.0. The number of nitrogens with zero attached hydrogens (tertiary/aromatic N) is 1. The molecular formula is C19H23FN4O4S. The standard InChI is InChI=1S/C19H23FN4O4S/c1-27-10-13-5-6-28-16(13)17(25)21-9-15-11-29-19(23-15)24-18(26)22-8-12-3-2-4-14(20)7-12/h2-4,7,11,13,16H,5-6,8-10H2,1H3,(H,21,25)(H2,22,23,24,26). The molecule has 0 bridgehead atoms. The predicted octanol–water partition coefficient (Wildman–Crippen LogP) is 2.27. The molecule has 2 atom stereocenters. The average Bonchev–Trinajstić information content (AvgIpc) is 3.34. The highest BCUT2D eigenvalue weighted by Gasteiger charge is 2.33. The fourth-order valence-corrected chi connectivity index (χ4v) is 3.71. The lowest BCUT2D eigenvalue weighted by Gasteiger charge is -2.16. The normalized spacial score (nSPS) is 18.4. The topological polar surface area (TPSA) is 102 Å². The van der Waals surface area contributed by atoms with Gasteiger partial charge in [-0.15, -0.1) is 11.3 Å². The van der Waals surface area contributed by atoms with Crippen molar-refractivity contribution in [2.24, 2.45) is 5.92 Å². The Bertz CT molecular complexity index is 847. The molecule has 156 valence electrons. The zero-order valence-electron chi connectivity index (χ0n) is 15.9. The van der Waals surface area contributed by atoms with Gasteiger partial charge in [0, 0.05) is 31.6 Å². The number of thiazole rings is 1. The highest BCUT2D eigenvalue weighted by molar-refractivity contribution is 7.13. The highest BCUT2D eigenvalue weighted by atomic mass is 32.1. The summed E-state index contributed by atoms with van der Waals surface area (Å²) in [4.78, 5) is 28.6. The number of anilines is 1. The van der Waals surface area contributed by atoms with Crippen molar-refractivity contribution in [1.82, 2.24) is 15.6 Å². The van der Waals surface area contributed by atoms with E-state index in [2.05, 4.69) is 20.9 Å². The Balaban J connectivity index is 1.43. The van der Waals surface area contributed by atoms with E-state index in [-0.39, 0.29) is 30.7 Å². The number of carbonyl (C=O) groups is 2. The van der Waals surface area contributed by atoms with Gasteiger partial charge in [-0.1, -0.05) is 12.1 Å². The van der Waals surface area contributed by atoms with E-state index in [0.29, 0.717) is 29.6 Å². The van der Waals surface area contributed by atoms with Crippen LogP contribution in [0.15, 0.2) is 29.6 Å². The molecule has 0 radical (unpaired) electrons. The molecule has 2 unspecified atom stereocenters. The minimum Gasteiger partial charge on any atom is -0.384 e. The molecule has 0 aliphatic carbocycles. The van der Waals surface area contributed by atoms with Crippen LogP contribution in [0, 0.1) is 11.7 Å². The van der Waals surface area contributed by atoms with E-state index in [1.807, 2.05) is 0 Å². The van der Waals surface area contributed by atoms with Crippen LogP contribution in [0.25, 0.3) is 0 Å². The summed E-state index contributed by atoms with van der Waals surface area (Å²) >= 11 is 1.25. The van der Waals surface area contributed by atoms with Crippen molar-refractivity contribution in [2.75, 3.05) is 25.6 Å². The van der Waals surface area contributed by atoms with Gasteiger partial charge in [-0.3, -0.25) is 10.1 Å². The average molecular weight is 422 g/mol. The number of urea groups is 1. The zero-order chi connectivity index (χ0) is 20.6. The van der Waals surface area contributed by atoms with Crippen LogP contribution in [-0.2, 0) is 27.4 Å². The third-order valence-corrected chi connectivity index (χ3v) is 5.22. The fourth-order valence-electron chi connectivity index (χ4n) is 3.00. The molecule has 1 saturated heterocycles. The zero-order valence-corrected chi connectivity index (χ0v) is 16.8. The maximum absolute atomic E-state index is 13.1. The van der Waals surface area contributed by atoms with E-state index in [4.69, 9.17) is 9.47 Å². The summed E-state index contributed by atoms with van der Waals surface area (Å²) in [6, 6.07) is 5.56. The van der Waals surface area contributed by atoms with Crippen LogP contribution in [0.2, 0.25) is 0 Å². The molecule has 1 aliphatic heterocycles. The Kier molecular flexibility index (Phi) is 7.50. The lowest BCUT2D eigenvalue weighted by atomic mass is 10.0. The lowest BCUT2D eigenvalue weighted by molar-refractivity contribution is -0.132. The van der Waals surface area contributed by atoms with E-state index in [0.717, 1.165) is 6.42 Å². The van der Waals surface area contributed by atoms with Gasteiger partial charge in [-0.2, -0.15) is 0 Å². The molecule has 2 aromatic rings. The highest BCUT2D eigenvalue weighted by Crippen LogP contribution is 2.21. The van der Waals surface area contributed by atoms with Crippen molar-refractivity contribution in [1.29, 1.82) is 0 Å². The molecule has 10 heteroatoms. The number of methoxy groups -OCH3 is 1. The summed E-state index contributed by atoms with van der Waals surface area (Å²) in [5, 5.41) is 10.2. The van der Waals surface area contributed by atoms with Crippen molar-refractivity contribution < 1.29 is 23.5 Å². The Morgan fingerprint density at radius 3 is 3.00 bits per heavy atom. The van der Waals surface area contributed by atoms with Gasteiger partial charge in [0.1, 0.15) is 11.9 Å². The van der Waals surface area contributed by atoms with E-state index < -0.39 is 12.1 Å². The maximum Gasteiger partial charge on any atom is 0.321 e. The number of carbonyl (C=O) groups excluding carboxylic acids is 2. The van der Waals surface area contributed by atoms with Crippen molar-refractivity contribution in [3.63, 3.8) is 0 Å². The second kappa shape index (κ2) is 10.3. The summed E-state index contributed by atoms with van der Waals surface area (Å²) in [5.74, 6) is -0.498. The van der Waals surface area contributed by atoms with E-state index in [1.165, 1.54) is 23.5 Å². The first-order chi connectivity index (χ1) is 14.0. The van der Waals surface area contributed by atoms with Crippen LogP contribution in [0.3, 0.4) is 0 Å². The minimum atomic E-state index is -0.514. The molecule has 1 aliphatic rings. The van der Waals surface area contributed by atoms with Gasteiger partial charge in [0.05, 0.1) is 18.8 Å². The molecular weight excluding hydrogens is 399 g/mol. The molecule has 2 heterocycles. The quantitative estimate of drug-likeness (QED) is 0.606. The summed E-state index contributed by atoms with van der Waals surface area (Å²) in [5.41, 5.74) is 1.29. The van der Waals surface area contributed by atoms with Crippen LogP contribution < -0.4 is 16.0 Å². The number of ether oxygens (including phenoxy) is 2. The molecule has 1 aromatic carbocycles. The van der Waals surface area contributed by atoms with Gasteiger partial charge in [0.15, 0.2) is 5.13 Å². The molecule has 0 spiro atoms. The molecule has 1 fully saturated rings. The molecule has 3 N–H and O–H groups in total. The molecule has 1 aromatic heterocycles. The van der Waals surface area contributed by atoms with E-state index in [9.17, 15) is 14.0 Å². The van der Waals surface area contributed by atoms with Crippen LogP contribution in [-0.4, -0.2) is 43.3 Å². The summed E-state index contributed by atoms with van der Waals surface area (Å²) < 4.78 is 23.8. The van der Waals surface area contributed by atoms with Crippen LogP contribution in [0.1, 0.15) is 17.7 Å². The van der Waals surface area contributed by atoms with Gasteiger partial charge in [0.25, 0.3) is 0 Å². The Morgan fingerprint density at radius 1 is 1.34 bits per heavy atom. The van der Waals surface area contributed by atoms with E-state index >= 15 is 0 Å². The number of hydrogen-bond donors (Lipinski definition) is 3. The van der Waals surface area contributed by atoms with Gasteiger partial charge >= 0.3 is 6.03 Å². The third kappa shape index (κ3) is 6.21. The number of hydrogen-bond acceptors (Lipinski definition) is 6. The maximum atomic E-state index is 13.1. The number of halogens is 1. The van der Waals surface area contributed by atoms with Crippen molar-refractivity contribution in [3.8, 4) is 0 Å². The third-order valence-electron chi connectivity index (χ3n) is 4.41. The number of amides is 3. The second-order valence-corrected chi connectivity index (χ2v) is 7.45. The molecule has 3 rings (SSSR count). The Labute approximate surface area is 171 Å². The number of rotatable bonds is 8. The molecule has 0 saturated carbocycles. The van der Waals surface area contributed by atoms with Crippen molar-refractivity contribution >= 4 is 28.4 Å². The predicted molar refractivity (Wildman–Crippen MR) is 106 cm³/mol. The SMILES string of the molecule is COCC1CCOC1C(=O)NCc1csc(NC(=O)NCc2cccc(F)c2)n1. The first kappa shape index (κ1) is 21.2. The van der Waals surface area contributed by atoms with Crippen molar-refractivity contribution in [2.45, 2.75) is 25.6 Å². The molecule has 3 amide bonds. The largest absolute Gasteiger partial charge is 0.384 e. The summed E-state index contributed by atoms with van der Waals surface area (Å²) in [6.07, 6.45) is 0.279. The van der Waals surface area contributed by atoms with Crippen LogP contribution in [0.4, 0.5) is 14.3 Å². The number of benzene rings is 1. The second-order valence-electron chi connectivity index (χ2n) is 6.59. The van der Waals surface area contributed by atoms with Gasteiger partial charge < -0.3 is 20.1 Å². The lowest BCUT2D eigenvalue weighted by Crippen LogP contribution is -2.38. The monoisotopic (exact) mass is 422 g/mol. The van der Waals surface area contributed by atoms with Gasteiger partial charge in [-0.05, 0) is 24.1 Å². The molecule has 8 nitrogen and oxygen atoms in total. The minimum absolute atomic E-state index is 0.0504.